The Bertz CT molecular complexity index is 395. The Morgan fingerprint density at radius 3 is 2.19 bits per heavy atom. The number of hydrogen-bond donors (Lipinski definition) is 1. The fourth-order valence-electron chi connectivity index (χ4n) is 3.01. The lowest BCUT2D eigenvalue weighted by atomic mass is 9.70. The predicted octanol–water partition coefficient (Wildman–Crippen LogP) is 3.40. The summed E-state index contributed by atoms with van der Waals surface area (Å²) in [7, 11) is 0. The van der Waals surface area contributed by atoms with Crippen LogP contribution < -0.4 is 5.32 Å². The van der Waals surface area contributed by atoms with E-state index in [4.69, 9.17) is 9.47 Å². The fraction of sp³-hybridized carbons (Fsp3) is 0.929. The van der Waals surface area contributed by atoms with Crippen molar-refractivity contribution in [1.29, 1.82) is 0 Å². The van der Waals surface area contributed by atoms with E-state index in [-0.39, 0.29) is 12.6 Å². The maximum atomic E-state index is 12.9. The second kappa shape index (κ2) is 5.34. The van der Waals surface area contributed by atoms with Crippen LogP contribution in [0.5, 0.6) is 0 Å². The van der Waals surface area contributed by atoms with Crippen molar-refractivity contribution in [3.05, 3.63) is 0 Å². The molecule has 1 saturated heterocycles. The van der Waals surface area contributed by atoms with Gasteiger partial charge < -0.3 is 14.8 Å². The van der Waals surface area contributed by atoms with E-state index in [9.17, 15) is 18.0 Å². The zero-order valence-electron chi connectivity index (χ0n) is 12.5. The molecule has 7 heteroatoms. The first-order valence-electron chi connectivity index (χ1n) is 7.22. The molecule has 1 heterocycles. The highest BCUT2D eigenvalue weighted by atomic mass is 19.4. The second-order valence-corrected chi connectivity index (χ2v) is 6.89. The molecule has 1 saturated carbocycles. The summed E-state index contributed by atoms with van der Waals surface area (Å²) in [5, 5.41) is 2.72. The van der Waals surface area contributed by atoms with Crippen LogP contribution in [-0.4, -0.2) is 36.1 Å². The third-order valence-corrected chi connectivity index (χ3v) is 4.12. The van der Waals surface area contributed by atoms with Gasteiger partial charge in [0.15, 0.2) is 0 Å². The van der Waals surface area contributed by atoms with E-state index < -0.39 is 29.4 Å². The molecule has 2 fully saturated rings. The van der Waals surface area contributed by atoms with Crippen LogP contribution in [0.25, 0.3) is 0 Å². The summed E-state index contributed by atoms with van der Waals surface area (Å²) in [6, 6.07) is -0.149. The number of carbonyl (C=O) groups is 1. The minimum atomic E-state index is -4.20. The highest BCUT2D eigenvalue weighted by molar-refractivity contribution is 5.68. The van der Waals surface area contributed by atoms with Crippen LogP contribution in [0.15, 0.2) is 0 Å². The number of carbonyl (C=O) groups excluding carboxylic acids is 1. The Morgan fingerprint density at radius 2 is 1.81 bits per heavy atom. The first-order valence-corrected chi connectivity index (χ1v) is 7.22. The van der Waals surface area contributed by atoms with E-state index >= 15 is 0 Å². The monoisotopic (exact) mass is 309 g/mol. The molecule has 0 aromatic rings. The molecule has 0 aromatic heterocycles. The lowest BCUT2D eigenvalue weighted by Gasteiger charge is -2.53. The van der Waals surface area contributed by atoms with Gasteiger partial charge in [-0.2, -0.15) is 13.2 Å². The van der Waals surface area contributed by atoms with E-state index in [1.807, 2.05) is 0 Å². The molecule has 0 unspecified atom stereocenters. The van der Waals surface area contributed by atoms with Gasteiger partial charge in [-0.3, -0.25) is 0 Å². The molecule has 1 aliphatic heterocycles. The molecular formula is C14H22F3NO3. The zero-order valence-corrected chi connectivity index (χ0v) is 12.5. The average Bonchev–Trinajstić information content (AvgIpc) is 2.23. The number of amides is 1. The highest BCUT2D eigenvalue weighted by Crippen LogP contribution is 2.51. The van der Waals surface area contributed by atoms with Gasteiger partial charge in [-0.05, 0) is 46.5 Å². The first kappa shape index (κ1) is 16.4. The fourth-order valence-corrected chi connectivity index (χ4v) is 3.01. The van der Waals surface area contributed by atoms with Gasteiger partial charge in [-0.25, -0.2) is 4.79 Å². The van der Waals surface area contributed by atoms with Crippen LogP contribution in [0.2, 0.25) is 0 Å². The van der Waals surface area contributed by atoms with Crippen molar-refractivity contribution < 1.29 is 27.4 Å². The van der Waals surface area contributed by atoms with E-state index in [1.165, 1.54) is 0 Å². The van der Waals surface area contributed by atoms with Crippen LogP contribution in [-0.2, 0) is 9.47 Å². The Hall–Kier alpha value is -0.980. The summed E-state index contributed by atoms with van der Waals surface area (Å²) in [4.78, 5) is 11.7. The highest BCUT2D eigenvalue weighted by Gasteiger charge is 2.61. The topological polar surface area (TPSA) is 47.6 Å². The average molecular weight is 309 g/mol. The summed E-state index contributed by atoms with van der Waals surface area (Å²) >= 11 is 0. The molecule has 0 bridgehead atoms. The normalized spacial score (nSPS) is 33.4. The number of alkyl halides is 3. The molecule has 1 aliphatic carbocycles. The molecule has 2 aliphatic rings. The van der Waals surface area contributed by atoms with E-state index in [1.54, 1.807) is 20.8 Å². The van der Waals surface area contributed by atoms with E-state index in [0.717, 1.165) is 0 Å². The van der Waals surface area contributed by atoms with Crippen molar-refractivity contribution in [3.8, 4) is 0 Å². The minimum absolute atomic E-state index is 0.149. The van der Waals surface area contributed by atoms with Gasteiger partial charge in [0.2, 0.25) is 0 Å². The van der Waals surface area contributed by atoms with Crippen LogP contribution in [0.3, 0.4) is 0 Å². The second-order valence-electron chi connectivity index (χ2n) is 6.89. The SMILES string of the molecule is CC(C)(C)OC(=O)NC1CCC2(CC1)OC[C@H]2C(F)(F)F. The van der Waals surface area contributed by atoms with Crippen molar-refractivity contribution in [3.63, 3.8) is 0 Å². The molecular weight excluding hydrogens is 287 g/mol. The molecule has 1 atom stereocenters. The lowest BCUT2D eigenvalue weighted by molar-refractivity contribution is -0.326. The molecule has 2 rings (SSSR count). The van der Waals surface area contributed by atoms with Crippen molar-refractivity contribution in [2.75, 3.05) is 6.61 Å². The summed E-state index contributed by atoms with van der Waals surface area (Å²) in [6.45, 7) is 5.05. The summed E-state index contributed by atoms with van der Waals surface area (Å²) < 4.78 is 49.0. The van der Waals surface area contributed by atoms with Crippen LogP contribution in [0, 0.1) is 5.92 Å². The first-order chi connectivity index (χ1) is 9.52. The van der Waals surface area contributed by atoms with Gasteiger partial charge in [0.25, 0.3) is 0 Å². The Labute approximate surface area is 122 Å². The van der Waals surface area contributed by atoms with Crippen LogP contribution in [0.1, 0.15) is 46.5 Å². The third-order valence-electron chi connectivity index (χ3n) is 4.12. The molecule has 1 spiro atoms. The Balaban J connectivity index is 1.83. The number of rotatable bonds is 1. The Kier molecular flexibility index (Phi) is 4.17. The standard InChI is InChI=1S/C14H22F3NO3/c1-12(2,3)21-11(19)18-9-4-6-13(7-5-9)10(8-20-13)14(15,16)17/h9-10H,4-8H2,1-3H3,(H,18,19)/t9?,10-,13?/m1/s1. The van der Waals surface area contributed by atoms with Crippen molar-refractivity contribution in [2.24, 2.45) is 5.92 Å². The maximum absolute atomic E-state index is 12.9. The number of ether oxygens (including phenoxy) is 2. The van der Waals surface area contributed by atoms with Gasteiger partial charge in [-0.15, -0.1) is 0 Å². The van der Waals surface area contributed by atoms with Crippen molar-refractivity contribution >= 4 is 6.09 Å². The summed E-state index contributed by atoms with van der Waals surface area (Å²) in [6.07, 6.45) is -3.14. The smallest absolute Gasteiger partial charge is 0.407 e. The van der Waals surface area contributed by atoms with Gasteiger partial charge in [0.1, 0.15) is 11.5 Å². The molecule has 0 radical (unpaired) electrons. The van der Waals surface area contributed by atoms with Gasteiger partial charge in [0, 0.05) is 6.04 Å². The number of nitrogens with one attached hydrogen (secondary N) is 1. The largest absolute Gasteiger partial charge is 0.444 e. The molecule has 1 N–H and O–H groups in total. The van der Waals surface area contributed by atoms with Crippen molar-refractivity contribution in [1.82, 2.24) is 5.32 Å². The van der Waals surface area contributed by atoms with Gasteiger partial charge in [-0.1, -0.05) is 0 Å². The summed E-state index contributed by atoms with van der Waals surface area (Å²) in [5.74, 6) is -1.37. The summed E-state index contributed by atoms with van der Waals surface area (Å²) in [5.41, 5.74) is -1.65. The molecule has 0 aromatic carbocycles. The minimum Gasteiger partial charge on any atom is -0.444 e. The zero-order chi connectivity index (χ0) is 15.9. The lowest BCUT2D eigenvalue weighted by Crippen LogP contribution is -2.62. The number of halogens is 3. The quantitative estimate of drug-likeness (QED) is 0.807. The number of alkyl carbamates (subject to hydrolysis) is 1. The molecule has 122 valence electrons. The van der Waals surface area contributed by atoms with Crippen molar-refractivity contribution in [2.45, 2.75) is 69.9 Å². The molecule has 21 heavy (non-hydrogen) atoms. The maximum Gasteiger partial charge on any atom is 0.407 e. The Morgan fingerprint density at radius 1 is 1.24 bits per heavy atom. The molecule has 1 amide bonds. The predicted molar refractivity (Wildman–Crippen MR) is 69.9 cm³/mol. The van der Waals surface area contributed by atoms with Gasteiger partial charge in [0.05, 0.1) is 12.2 Å². The molecule has 4 nitrogen and oxygen atoms in total. The number of hydrogen-bond acceptors (Lipinski definition) is 3. The van der Waals surface area contributed by atoms with Gasteiger partial charge >= 0.3 is 12.3 Å². The van der Waals surface area contributed by atoms with Crippen LogP contribution >= 0.6 is 0 Å². The van der Waals surface area contributed by atoms with E-state index in [0.29, 0.717) is 25.7 Å². The van der Waals surface area contributed by atoms with Crippen LogP contribution in [0.4, 0.5) is 18.0 Å². The third kappa shape index (κ3) is 3.81. The van der Waals surface area contributed by atoms with E-state index in [2.05, 4.69) is 5.32 Å².